The molecule has 0 bridgehead atoms. The normalized spacial score (nSPS) is 14.7. The van der Waals surface area contributed by atoms with Crippen molar-refractivity contribution >= 4 is 13.7 Å². The van der Waals surface area contributed by atoms with Crippen molar-refractivity contribution in [2.24, 2.45) is 0 Å². The lowest BCUT2D eigenvalue weighted by Crippen LogP contribution is -2.45. The van der Waals surface area contributed by atoms with E-state index in [-0.39, 0.29) is 19.1 Å². The number of unbranched alkanes of at least 4 members (excludes halogenated alkanes) is 23. The topological polar surface area (TPSA) is 105 Å². The van der Waals surface area contributed by atoms with Crippen LogP contribution >= 0.6 is 7.82 Å². The molecular formula is C60H108N2O6P+. The zero-order valence-corrected chi connectivity index (χ0v) is 46.2. The van der Waals surface area contributed by atoms with Crippen LogP contribution in [0, 0.1) is 0 Å². The van der Waals surface area contributed by atoms with Crippen LogP contribution in [0.2, 0.25) is 0 Å². The predicted molar refractivity (Wildman–Crippen MR) is 299 cm³/mol. The van der Waals surface area contributed by atoms with Crippen molar-refractivity contribution in [1.29, 1.82) is 0 Å². The number of rotatable bonds is 50. The second-order valence-electron chi connectivity index (χ2n) is 19.9. The van der Waals surface area contributed by atoms with Gasteiger partial charge in [0.1, 0.15) is 13.2 Å². The summed E-state index contributed by atoms with van der Waals surface area (Å²) >= 11 is 0. The third-order valence-corrected chi connectivity index (χ3v) is 13.0. The Labute approximate surface area is 426 Å². The number of nitrogens with one attached hydrogen (secondary N) is 1. The fraction of sp³-hybridized carbons (Fsp3) is 0.717. The van der Waals surface area contributed by atoms with Gasteiger partial charge in [-0.25, -0.2) is 4.57 Å². The summed E-state index contributed by atoms with van der Waals surface area (Å²) in [6.45, 7) is 4.65. The van der Waals surface area contributed by atoms with E-state index in [1.807, 2.05) is 27.2 Å². The van der Waals surface area contributed by atoms with E-state index in [9.17, 15) is 19.4 Å². The summed E-state index contributed by atoms with van der Waals surface area (Å²) in [5.74, 6) is -0.225. The minimum absolute atomic E-state index is 0.0415. The first-order valence-corrected chi connectivity index (χ1v) is 29.6. The summed E-state index contributed by atoms with van der Waals surface area (Å²) in [6, 6.07) is -0.895. The Morgan fingerprint density at radius 1 is 0.507 bits per heavy atom. The van der Waals surface area contributed by atoms with Crippen molar-refractivity contribution in [3.05, 3.63) is 97.2 Å². The molecule has 0 aliphatic rings. The van der Waals surface area contributed by atoms with Crippen molar-refractivity contribution < 1.29 is 32.9 Å². The Balaban J connectivity index is 4.36. The van der Waals surface area contributed by atoms with Crippen LogP contribution in [0.1, 0.15) is 226 Å². The molecule has 1 amide bonds. The minimum Gasteiger partial charge on any atom is -0.387 e. The molecule has 0 radical (unpaired) electrons. The number of hydrogen-bond acceptors (Lipinski definition) is 5. The molecule has 9 heteroatoms. The maximum atomic E-state index is 12.9. The van der Waals surface area contributed by atoms with Gasteiger partial charge in [0.05, 0.1) is 39.9 Å². The van der Waals surface area contributed by atoms with E-state index in [1.165, 1.54) is 122 Å². The highest BCUT2D eigenvalue weighted by molar-refractivity contribution is 7.47. The molecule has 69 heavy (non-hydrogen) atoms. The zero-order valence-electron chi connectivity index (χ0n) is 45.3. The molecule has 0 saturated carbocycles. The molecule has 0 aromatic carbocycles. The highest BCUT2D eigenvalue weighted by Gasteiger charge is 2.27. The standard InChI is InChI=1S/C60H107N2O6P/c1-6-8-10-12-14-16-18-20-22-24-26-27-28-29-30-31-32-33-34-36-37-39-41-43-45-47-49-51-53-59(63)58(57-68-69(65,66)67-56-55-62(3,4)5)61-60(64)54-52-50-48-46-44-42-40-38-35-25-23-21-19-17-15-13-11-9-7-2/h9,11,15,17,21,23,35-38,42-45,51,53,58-59,63H,6-8,10,12-14,16,18-20,22,24-34,39-41,46-50,52,54-57H2,1-5H3,(H-,61,64,65,66)/p+1/b11-9-,17-15-,23-21-,37-36+,38-35-,44-42-,45-43+,53-51+. The molecule has 398 valence electrons. The molecule has 0 rings (SSSR count). The fourth-order valence-corrected chi connectivity index (χ4v) is 8.37. The molecule has 0 heterocycles. The number of phosphoric ester groups is 1. The van der Waals surface area contributed by atoms with E-state index >= 15 is 0 Å². The molecule has 3 atom stereocenters. The van der Waals surface area contributed by atoms with Crippen LogP contribution < -0.4 is 5.32 Å². The molecule has 0 aromatic heterocycles. The van der Waals surface area contributed by atoms with Gasteiger partial charge in [-0.05, 0) is 89.9 Å². The Hall–Kier alpha value is -2.58. The smallest absolute Gasteiger partial charge is 0.387 e. The van der Waals surface area contributed by atoms with Gasteiger partial charge in [-0.2, -0.15) is 0 Å². The monoisotopic (exact) mass is 984 g/mol. The summed E-state index contributed by atoms with van der Waals surface area (Å²) in [5, 5.41) is 13.9. The summed E-state index contributed by atoms with van der Waals surface area (Å²) in [5.41, 5.74) is 0. The van der Waals surface area contributed by atoms with Gasteiger partial charge in [-0.1, -0.05) is 227 Å². The third-order valence-electron chi connectivity index (χ3n) is 12.0. The largest absolute Gasteiger partial charge is 0.472 e. The number of aliphatic hydroxyl groups is 1. The average Bonchev–Trinajstić information content (AvgIpc) is 3.31. The number of amides is 1. The molecule has 3 N–H and O–H groups in total. The lowest BCUT2D eigenvalue weighted by atomic mass is 10.0. The van der Waals surface area contributed by atoms with Crippen molar-refractivity contribution in [2.75, 3.05) is 40.9 Å². The lowest BCUT2D eigenvalue weighted by Gasteiger charge is -2.25. The quantitative estimate of drug-likeness (QED) is 0.0243. The van der Waals surface area contributed by atoms with Gasteiger partial charge in [0.15, 0.2) is 0 Å². The molecule has 0 aliphatic carbocycles. The maximum absolute atomic E-state index is 12.9. The number of quaternary nitrogens is 1. The van der Waals surface area contributed by atoms with Gasteiger partial charge in [0.2, 0.25) is 5.91 Å². The van der Waals surface area contributed by atoms with Crippen molar-refractivity contribution in [2.45, 2.75) is 238 Å². The molecule has 3 unspecified atom stereocenters. The van der Waals surface area contributed by atoms with Crippen molar-refractivity contribution in [3.8, 4) is 0 Å². The molecule has 0 fully saturated rings. The second kappa shape index (κ2) is 50.4. The van der Waals surface area contributed by atoms with E-state index in [0.717, 1.165) is 77.0 Å². The first-order valence-electron chi connectivity index (χ1n) is 28.1. The number of hydrogen-bond donors (Lipinski definition) is 3. The number of carbonyl (C=O) groups is 1. The van der Waals surface area contributed by atoms with E-state index < -0.39 is 20.0 Å². The van der Waals surface area contributed by atoms with Crippen LogP contribution in [0.15, 0.2) is 97.2 Å². The first-order chi connectivity index (χ1) is 33.5. The molecule has 0 aliphatic heterocycles. The van der Waals surface area contributed by atoms with Gasteiger partial charge in [0.25, 0.3) is 0 Å². The average molecular weight is 985 g/mol. The number of aliphatic hydroxyl groups excluding tert-OH is 1. The van der Waals surface area contributed by atoms with Gasteiger partial charge in [-0.15, -0.1) is 0 Å². The highest BCUT2D eigenvalue weighted by Crippen LogP contribution is 2.43. The van der Waals surface area contributed by atoms with Gasteiger partial charge >= 0.3 is 7.82 Å². The van der Waals surface area contributed by atoms with Crippen LogP contribution in [0.3, 0.4) is 0 Å². The fourth-order valence-electron chi connectivity index (χ4n) is 7.63. The maximum Gasteiger partial charge on any atom is 0.472 e. The minimum atomic E-state index is -4.37. The molecule has 8 nitrogen and oxygen atoms in total. The van der Waals surface area contributed by atoms with Gasteiger partial charge < -0.3 is 19.8 Å². The molecule has 0 spiro atoms. The summed E-state index contributed by atoms with van der Waals surface area (Å²) in [4.78, 5) is 23.2. The van der Waals surface area contributed by atoms with Crippen LogP contribution in [-0.4, -0.2) is 73.4 Å². The van der Waals surface area contributed by atoms with E-state index in [0.29, 0.717) is 23.9 Å². The van der Waals surface area contributed by atoms with Crippen molar-refractivity contribution in [3.63, 3.8) is 0 Å². The Kier molecular flexibility index (Phi) is 48.5. The van der Waals surface area contributed by atoms with Crippen LogP contribution in [0.4, 0.5) is 0 Å². The Bertz CT molecular complexity index is 1440. The highest BCUT2D eigenvalue weighted by atomic mass is 31.2. The molecule has 0 aromatic rings. The summed E-state index contributed by atoms with van der Waals surface area (Å²) in [7, 11) is 1.51. The molecular weight excluding hydrogens is 876 g/mol. The number of allylic oxidation sites excluding steroid dienone is 15. The van der Waals surface area contributed by atoms with Gasteiger partial charge in [0, 0.05) is 6.42 Å². The predicted octanol–water partition coefficient (Wildman–Crippen LogP) is 17.0. The Morgan fingerprint density at radius 3 is 1.33 bits per heavy atom. The number of likely N-dealkylation sites (N-methyl/N-ethyl adjacent to an activating group) is 1. The van der Waals surface area contributed by atoms with Crippen LogP contribution in [0.25, 0.3) is 0 Å². The SMILES string of the molecule is CC/C=C\C/C=C\C/C=C\C/C=C\C/C=C\CCCCCC(=O)NC(COP(=O)(O)OCC[N+](C)(C)C)C(O)/C=C/CC/C=C/CC/C=C/CCCCCCCCCCCCCCCCCCCC. The molecule has 0 saturated heterocycles. The van der Waals surface area contributed by atoms with Crippen LogP contribution in [0.5, 0.6) is 0 Å². The number of phosphoric acid groups is 1. The van der Waals surface area contributed by atoms with E-state index in [2.05, 4.69) is 104 Å². The number of nitrogens with zero attached hydrogens (tertiary/aromatic N) is 1. The lowest BCUT2D eigenvalue weighted by molar-refractivity contribution is -0.870. The van der Waals surface area contributed by atoms with Crippen molar-refractivity contribution in [1.82, 2.24) is 5.32 Å². The zero-order chi connectivity index (χ0) is 50.6. The second-order valence-corrected chi connectivity index (χ2v) is 21.4. The van der Waals surface area contributed by atoms with Crippen LogP contribution in [-0.2, 0) is 18.4 Å². The Morgan fingerprint density at radius 2 is 0.884 bits per heavy atom. The first kappa shape index (κ1) is 66.4. The summed E-state index contributed by atoms with van der Waals surface area (Å²) in [6.07, 6.45) is 72.4. The summed E-state index contributed by atoms with van der Waals surface area (Å²) < 4.78 is 23.6. The van der Waals surface area contributed by atoms with E-state index in [1.54, 1.807) is 6.08 Å². The van der Waals surface area contributed by atoms with Gasteiger partial charge in [-0.3, -0.25) is 13.8 Å². The third kappa shape index (κ3) is 53.1. The van der Waals surface area contributed by atoms with E-state index in [4.69, 9.17) is 9.05 Å². The number of carbonyl (C=O) groups excluding carboxylic acids is 1.